The van der Waals surface area contributed by atoms with Gasteiger partial charge in [-0.1, -0.05) is 29.8 Å². The number of rotatable bonds is 5. The van der Waals surface area contributed by atoms with E-state index in [4.69, 9.17) is 5.11 Å². The van der Waals surface area contributed by atoms with E-state index in [1.54, 1.807) is 0 Å². The molecule has 0 aliphatic carbocycles. The zero-order valence-corrected chi connectivity index (χ0v) is 14.6. The summed E-state index contributed by atoms with van der Waals surface area (Å²) in [5.74, 6) is -1.84. The number of halogens is 1. The third-order valence-corrected chi connectivity index (χ3v) is 4.63. The van der Waals surface area contributed by atoms with Crippen molar-refractivity contribution >= 4 is 28.3 Å². The van der Waals surface area contributed by atoms with Gasteiger partial charge in [-0.05, 0) is 31.2 Å². The second-order valence-electron chi connectivity index (χ2n) is 5.69. The van der Waals surface area contributed by atoms with Crippen LogP contribution in [0.4, 0.5) is 9.52 Å². The first-order valence-electron chi connectivity index (χ1n) is 7.78. The highest BCUT2D eigenvalue weighted by molar-refractivity contribution is 7.16. The Labute approximate surface area is 153 Å². The number of anilines is 1. The molecule has 0 spiro atoms. The van der Waals surface area contributed by atoms with Crippen LogP contribution in [0.3, 0.4) is 0 Å². The van der Waals surface area contributed by atoms with Crippen molar-refractivity contribution < 1.29 is 19.1 Å². The van der Waals surface area contributed by atoms with E-state index in [0.717, 1.165) is 22.5 Å². The average Bonchev–Trinajstić information content (AvgIpc) is 2.97. The van der Waals surface area contributed by atoms with Gasteiger partial charge in [0, 0.05) is 16.0 Å². The van der Waals surface area contributed by atoms with Gasteiger partial charge in [0.2, 0.25) is 0 Å². The smallest absolute Gasteiger partial charge is 0.308 e. The minimum absolute atomic E-state index is 0.187. The number of hydrogen-bond acceptors (Lipinski definition) is 4. The van der Waals surface area contributed by atoms with Gasteiger partial charge in [0.1, 0.15) is 5.82 Å². The Hall–Kier alpha value is -3.06. The van der Waals surface area contributed by atoms with E-state index >= 15 is 0 Å². The van der Waals surface area contributed by atoms with Crippen molar-refractivity contribution in [2.24, 2.45) is 0 Å². The fraction of sp³-hybridized carbons (Fsp3) is 0.105. The predicted octanol–water partition coefficient (Wildman–Crippen LogP) is 4.14. The number of carbonyl (C=O) groups is 2. The predicted molar refractivity (Wildman–Crippen MR) is 98.0 cm³/mol. The summed E-state index contributed by atoms with van der Waals surface area (Å²) in [7, 11) is 0. The number of carboxylic acid groups (broad SMARTS) is 1. The lowest BCUT2D eigenvalue weighted by atomic mass is 10.1. The van der Waals surface area contributed by atoms with Crippen molar-refractivity contribution in [3.63, 3.8) is 0 Å². The molecule has 0 radical (unpaired) electrons. The molecule has 132 valence electrons. The third-order valence-electron chi connectivity index (χ3n) is 3.66. The van der Waals surface area contributed by atoms with Crippen LogP contribution in [0.5, 0.6) is 0 Å². The summed E-state index contributed by atoms with van der Waals surface area (Å²) in [6, 6.07) is 12.7. The molecule has 1 amide bonds. The molecule has 0 fully saturated rings. The highest BCUT2D eigenvalue weighted by Gasteiger charge is 2.17. The average molecular weight is 370 g/mol. The van der Waals surface area contributed by atoms with Crippen molar-refractivity contribution in [1.29, 1.82) is 0 Å². The number of aliphatic carboxylic acids is 1. The largest absolute Gasteiger partial charge is 0.481 e. The molecular formula is C19H15FN2O3S. The number of carbonyl (C=O) groups excluding carboxylic acids is 1. The van der Waals surface area contributed by atoms with Crippen LogP contribution in [0, 0.1) is 12.7 Å². The highest BCUT2D eigenvalue weighted by Crippen LogP contribution is 2.32. The van der Waals surface area contributed by atoms with E-state index in [0.29, 0.717) is 21.3 Å². The summed E-state index contributed by atoms with van der Waals surface area (Å²) in [4.78, 5) is 28.4. The molecule has 2 aromatic carbocycles. The molecule has 0 aliphatic rings. The lowest BCUT2D eigenvalue weighted by Gasteiger charge is -2.02. The van der Waals surface area contributed by atoms with Crippen LogP contribution < -0.4 is 5.32 Å². The van der Waals surface area contributed by atoms with Crippen molar-refractivity contribution in [3.8, 4) is 11.3 Å². The minimum Gasteiger partial charge on any atom is -0.481 e. The summed E-state index contributed by atoms with van der Waals surface area (Å²) in [6.07, 6.45) is -0.187. The molecule has 0 saturated carbocycles. The molecule has 2 N–H and O–H groups in total. The maximum Gasteiger partial charge on any atom is 0.308 e. The van der Waals surface area contributed by atoms with Crippen molar-refractivity contribution in [3.05, 3.63) is 70.4 Å². The molecule has 0 aliphatic heterocycles. The Morgan fingerprint density at radius 1 is 1.12 bits per heavy atom. The lowest BCUT2D eigenvalue weighted by Crippen LogP contribution is -2.11. The molecule has 0 unspecified atom stereocenters. The first kappa shape index (κ1) is 17.8. The fourth-order valence-electron chi connectivity index (χ4n) is 2.37. The van der Waals surface area contributed by atoms with Crippen LogP contribution in [0.2, 0.25) is 0 Å². The molecule has 3 rings (SSSR count). The second-order valence-corrected chi connectivity index (χ2v) is 6.77. The second kappa shape index (κ2) is 7.45. The van der Waals surface area contributed by atoms with Gasteiger partial charge in [0.05, 0.1) is 12.1 Å². The lowest BCUT2D eigenvalue weighted by molar-refractivity contribution is -0.136. The molecule has 0 atom stereocenters. The summed E-state index contributed by atoms with van der Waals surface area (Å²) < 4.78 is 13.0. The number of aryl methyl sites for hydroxylation is 1. The molecule has 1 heterocycles. The third kappa shape index (κ3) is 4.12. The zero-order chi connectivity index (χ0) is 18.7. The molecule has 7 heteroatoms. The molecule has 3 aromatic rings. The summed E-state index contributed by atoms with van der Waals surface area (Å²) in [5, 5.41) is 12.1. The summed E-state index contributed by atoms with van der Waals surface area (Å²) in [5.41, 5.74) is 2.68. The van der Waals surface area contributed by atoms with E-state index < -0.39 is 17.7 Å². The SMILES string of the molecule is Cc1ccc(-c2nc(NC(=O)c3ccc(F)cc3)sc2CC(=O)O)cc1. The van der Waals surface area contributed by atoms with Gasteiger partial charge < -0.3 is 5.11 Å². The van der Waals surface area contributed by atoms with Crippen LogP contribution in [-0.4, -0.2) is 22.0 Å². The Kier molecular flexibility index (Phi) is 5.09. The Morgan fingerprint density at radius 3 is 2.38 bits per heavy atom. The Bertz CT molecular complexity index is 950. The number of hydrogen-bond donors (Lipinski definition) is 2. The molecule has 1 aromatic heterocycles. The number of carboxylic acids is 1. The topological polar surface area (TPSA) is 79.3 Å². The first-order chi connectivity index (χ1) is 12.4. The van der Waals surface area contributed by atoms with Gasteiger partial charge in [0.15, 0.2) is 5.13 Å². The zero-order valence-electron chi connectivity index (χ0n) is 13.8. The van der Waals surface area contributed by atoms with E-state index in [1.165, 1.54) is 24.3 Å². The van der Waals surface area contributed by atoms with Crippen LogP contribution in [-0.2, 0) is 11.2 Å². The molecule has 5 nitrogen and oxygen atoms in total. The molecular weight excluding hydrogens is 355 g/mol. The number of thiazole rings is 1. The van der Waals surface area contributed by atoms with Gasteiger partial charge in [-0.25, -0.2) is 9.37 Å². The van der Waals surface area contributed by atoms with E-state index in [9.17, 15) is 14.0 Å². The quantitative estimate of drug-likeness (QED) is 0.707. The standard InChI is InChI=1S/C19H15FN2O3S/c1-11-2-4-12(5-3-11)17-15(10-16(23)24)26-19(21-17)22-18(25)13-6-8-14(20)9-7-13/h2-9H,10H2,1H3,(H,23,24)(H,21,22,25). The number of aromatic nitrogens is 1. The monoisotopic (exact) mass is 370 g/mol. The van der Waals surface area contributed by atoms with Gasteiger partial charge in [-0.15, -0.1) is 11.3 Å². The molecule has 0 saturated heterocycles. The van der Waals surface area contributed by atoms with Gasteiger partial charge >= 0.3 is 5.97 Å². The number of nitrogens with zero attached hydrogens (tertiary/aromatic N) is 1. The number of nitrogens with one attached hydrogen (secondary N) is 1. The van der Waals surface area contributed by atoms with Crippen molar-refractivity contribution in [1.82, 2.24) is 4.98 Å². The maximum absolute atomic E-state index is 13.0. The summed E-state index contributed by atoms with van der Waals surface area (Å²) in [6.45, 7) is 1.96. The number of amides is 1. The summed E-state index contributed by atoms with van der Waals surface area (Å²) >= 11 is 1.12. The highest BCUT2D eigenvalue weighted by atomic mass is 32.1. The van der Waals surface area contributed by atoms with Gasteiger partial charge in [-0.2, -0.15) is 0 Å². The van der Waals surface area contributed by atoms with E-state index in [2.05, 4.69) is 10.3 Å². The number of benzene rings is 2. The fourth-order valence-corrected chi connectivity index (χ4v) is 3.34. The van der Waals surface area contributed by atoms with Crippen LogP contribution >= 0.6 is 11.3 Å². The van der Waals surface area contributed by atoms with Crippen LogP contribution in [0.1, 0.15) is 20.8 Å². The van der Waals surface area contributed by atoms with Crippen molar-refractivity contribution in [2.45, 2.75) is 13.3 Å². The first-order valence-corrected chi connectivity index (χ1v) is 8.59. The van der Waals surface area contributed by atoms with E-state index in [1.807, 2.05) is 31.2 Å². The van der Waals surface area contributed by atoms with Crippen molar-refractivity contribution in [2.75, 3.05) is 5.32 Å². The molecule has 0 bridgehead atoms. The van der Waals surface area contributed by atoms with Gasteiger partial charge in [0.25, 0.3) is 5.91 Å². The normalized spacial score (nSPS) is 10.5. The van der Waals surface area contributed by atoms with E-state index in [-0.39, 0.29) is 6.42 Å². The maximum atomic E-state index is 13.0. The van der Waals surface area contributed by atoms with Crippen LogP contribution in [0.25, 0.3) is 11.3 Å². The van der Waals surface area contributed by atoms with Crippen LogP contribution in [0.15, 0.2) is 48.5 Å². The minimum atomic E-state index is -0.974. The molecule has 26 heavy (non-hydrogen) atoms. The van der Waals surface area contributed by atoms with Gasteiger partial charge in [-0.3, -0.25) is 14.9 Å². The Balaban J connectivity index is 1.90. The Morgan fingerprint density at radius 2 is 1.77 bits per heavy atom.